The second kappa shape index (κ2) is 6.25. The number of nitrogens with zero attached hydrogens (tertiary/aromatic N) is 2. The molecule has 0 radical (unpaired) electrons. The topological polar surface area (TPSA) is 54.9 Å². The zero-order valence-electron chi connectivity index (χ0n) is 8.17. The first kappa shape index (κ1) is 12.7. The lowest BCUT2D eigenvalue weighted by molar-refractivity contribution is 0.685. The molecule has 1 heterocycles. The zero-order valence-corrected chi connectivity index (χ0v) is 10.5. The van der Waals surface area contributed by atoms with Gasteiger partial charge >= 0.3 is 0 Å². The van der Waals surface area contributed by atoms with Gasteiger partial charge in [-0.1, -0.05) is 11.6 Å². The molecule has 0 saturated heterocycles. The fraction of sp³-hybridized carbons (Fsp3) is 0.500. The largest absolute Gasteiger partial charge is 0.369 e. The van der Waals surface area contributed by atoms with Crippen molar-refractivity contribution >= 4 is 39.8 Å². The van der Waals surface area contributed by atoms with Crippen molar-refractivity contribution in [3.05, 3.63) is 16.5 Å². The summed E-state index contributed by atoms with van der Waals surface area (Å²) in [6.07, 6.45) is 3.91. The molecule has 1 aromatic heterocycles. The van der Waals surface area contributed by atoms with E-state index < -0.39 is 10.8 Å². The van der Waals surface area contributed by atoms with Crippen molar-refractivity contribution in [2.24, 2.45) is 0 Å². The van der Waals surface area contributed by atoms with Gasteiger partial charge in [-0.25, -0.2) is 4.98 Å². The molecular weight excluding hydrogens is 257 g/mol. The molecule has 1 unspecified atom stereocenters. The molecule has 0 spiro atoms. The predicted octanol–water partition coefficient (Wildman–Crippen LogP) is 1.96. The minimum Gasteiger partial charge on any atom is -0.369 e. The lowest BCUT2D eigenvalue weighted by Gasteiger charge is -2.06. The molecule has 84 valence electrons. The van der Waals surface area contributed by atoms with Gasteiger partial charge in [0.05, 0.1) is 6.20 Å². The molecule has 1 N–H and O–H groups in total. The molecule has 1 atom stereocenters. The lowest BCUT2D eigenvalue weighted by atomic mass is 10.4. The average molecular weight is 268 g/mol. The number of hydrogen-bond donors (Lipinski definition) is 1. The third kappa shape index (κ3) is 4.77. The van der Waals surface area contributed by atoms with Crippen LogP contribution in [-0.2, 0) is 10.8 Å². The van der Waals surface area contributed by atoms with Gasteiger partial charge in [-0.2, -0.15) is 4.98 Å². The van der Waals surface area contributed by atoms with E-state index in [4.69, 9.17) is 23.2 Å². The zero-order chi connectivity index (χ0) is 11.3. The van der Waals surface area contributed by atoms with Crippen LogP contribution in [0.25, 0.3) is 0 Å². The Kier molecular flexibility index (Phi) is 5.28. The number of rotatable bonds is 5. The highest BCUT2D eigenvalue weighted by atomic mass is 35.5. The van der Waals surface area contributed by atoms with E-state index in [1.54, 1.807) is 6.26 Å². The smallest absolute Gasteiger partial charge is 0.224 e. The van der Waals surface area contributed by atoms with E-state index in [1.165, 1.54) is 6.20 Å². The van der Waals surface area contributed by atoms with Gasteiger partial charge in [0.1, 0.15) is 10.8 Å². The van der Waals surface area contributed by atoms with Crippen LogP contribution in [0.4, 0.5) is 5.82 Å². The maximum Gasteiger partial charge on any atom is 0.224 e. The van der Waals surface area contributed by atoms with Crippen LogP contribution in [-0.4, -0.2) is 32.7 Å². The summed E-state index contributed by atoms with van der Waals surface area (Å²) in [5, 5.41) is 3.59. The van der Waals surface area contributed by atoms with E-state index in [0.717, 1.165) is 6.42 Å². The van der Waals surface area contributed by atoms with Crippen molar-refractivity contribution in [3.8, 4) is 0 Å². The van der Waals surface area contributed by atoms with E-state index in [-0.39, 0.29) is 5.28 Å². The van der Waals surface area contributed by atoms with Crippen LogP contribution in [0.5, 0.6) is 0 Å². The van der Waals surface area contributed by atoms with Crippen molar-refractivity contribution in [3.63, 3.8) is 0 Å². The van der Waals surface area contributed by atoms with Gasteiger partial charge in [-0.15, -0.1) is 0 Å². The van der Waals surface area contributed by atoms with Gasteiger partial charge in [0.15, 0.2) is 0 Å². The Bertz CT molecular complexity index is 362. The van der Waals surface area contributed by atoms with Gasteiger partial charge in [0.25, 0.3) is 0 Å². The van der Waals surface area contributed by atoms with Gasteiger partial charge in [-0.05, 0) is 18.0 Å². The van der Waals surface area contributed by atoms with Crippen molar-refractivity contribution < 1.29 is 4.21 Å². The Morgan fingerprint density at radius 2 is 2.27 bits per heavy atom. The summed E-state index contributed by atoms with van der Waals surface area (Å²) < 4.78 is 10.8. The summed E-state index contributed by atoms with van der Waals surface area (Å²) in [5.41, 5.74) is 0. The van der Waals surface area contributed by atoms with Gasteiger partial charge in [0.2, 0.25) is 5.28 Å². The van der Waals surface area contributed by atoms with E-state index >= 15 is 0 Å². The third-order valence-electron chi connectivity index (χ3n) is 1.62. The van der Waals surface area contributed by atoms with Crippen LogP contribution in [0.15, 0.2) is 6.20 Å². The SMILES string of the molecule is CS(=O)CCCNc1nc(Cl)ncc1Cl. The molecule has 0 aromatic carbocycles. The fourth-order valence-electron chi connectivity index (χ4n) is 0.952. The molecule has 15 heavy (non-hydrogen) atoms. The van der Waals surface area contributed by atoms with Crippen molar-refractivity contribution in [2.45, 2.75) is 6.42 Å². The van der Waals surface area contributed by atoms with Gasteiger partial charge < -0.3 is 5.32 Å². The van der Waals surface area contributed by atoms with Gasteiger partial charge in [-0.3, -0.25) is 4.21 Å². The monoisotopic (exact) mass is 267 g/mol. The first-order chi connectivity index (χ1) is 7.09. The molecule has 0 aliphatic heterocycles. The van der Waals surface area contributed by atoms with Crippen molar-refractivity contribution in [2.75, 3.05) is 23.9 Å². The highest BCUT2D eigenvalue weighted by molar-refractivity contribution is 7.84. The molecule has 0 aliphatic rings. The molecule has 0 bridgehead atoms. The summed E-state index contributed by atoms with van der Waals surface area (Å²) in [6, 6.07) is 0. The third-order valence-corrected chi connectivity index (χ3v) is 2.94. The normalized spacial score (nSPS) is 12.5. The maximum atomic E-state index is 10.8. The van der Waals surface area contributed by atoms with Crippen LogP contribution in [0, 0.1) is 0 Å². The first-order valence-corrected chi connectivity index (χ1v) is 6.80. The summed E-state index contributed by atoms with van der Waals surface area (Å²) in [4.78, 5) is 7.65. The quantitative estimate of drug-likeness (QED) is 0.655. The second-order valence-corrected chi connectivity index (χ2v) is 5.19. The van der Waals surface area contributed by atoms with Gasteiger partial charge in [0, 0.05) is 29.4 Å². The highest BCUT2D eigenvalue weighted by Gasteiger charge is 2.03. The molecule has 0 saturated carbocycles. The summed E-state index contributed by atoms with van der Waals surface area (Å²) in [5.74, 6) is 1.17. The molecule has 1 aromatic rings. The highest BCUT2D eigenvalue weighted by Crippen LogP contribution is 2.18. The number of nitrogens with one attached hydrogen (secondary N) is 1. The number of anilines is 1. The molecule has 1 rings (SSSR count). The fourth-order valence-corrected chi connectivity index (χ4v) is 1.79. The molecule has 0 aliphatic carbocycles. The Hall–Kier alpha value is -0.390. The van der Waals surface area contributed by atoms with Crippen molar-refractivity contribution in [1.82, 2.24) is 9.97 Å². The second-order valence-electron chi connectivity index (χ2n) is 2.89. The lowest BCUT2D eigenvalue weighted by Crippen LogP contribution is -2.08. The Morgan fingerprint density at radius 1 is 1.53 bits per heavy atom. The van der Waals surface area contributed by atoms with Crippen LogP contribution in [0.1, 0.15) is 6.42 Å². The Morgan fingerprint density at radius 3 is 2.93 bits per heavy atom. The van der Waals surface area contributed by atoms with Crippen LogP contribution >= 0.6 is 23.2 Å². The van der Waals surface area contributed by atoms with E-state index in [1.807, 2.05) is 0 Å². The molecular formula is C8H11Cl2N3OS. The Balaban J connectivity index is 2.43. The summed E-state index contributed by atoms with van der Waals surface area (Å²) >= 11 is 11.4. The number of halogens is 2. The summed E-state index contributed by atoms with van der Waals surface area (Å²) in [6.45, 7) is 0.659. The van der Waals surface area contributed by atoms with Crippen molar-refractivity contribution in [1.29, 1.82) is 0 Å². The average Bonchev–Trinajstić information content (AvgIpc) is 2.17. The molecule has 4 nitrogen and oxygen atoms in total. The van der Waals surface area contributed by atoms with E-state index in [0.29, 0.717) is 23.1 Å². The molecule has 7 heteroatoms. The number of hydrogen-bond acceptors (Lipinski definition) is 4. The van der Waals surface area contributed by atoms with Crippen LogP contribution in [0.3, 0.4) is 0 Å². The standard InChI is InChI=1S/C8H11Cl2N3OS/c1-15(14)4-2-3-11-7-6(9)5-12-8(10)13-7/h5H,2-4H2,1H3,(H,11,12,13). The minimum absolute atomic E-state index is 0.154. The molecule has 0 fully saturated rings. The molecule has 0 amide bonds. The number of aromatic nitrogens is 2. The minimum atomic E-state index is -0.765. The van der Waals surface area contributed by atoms with Crippen LogP contribution < -0.4 is 5.32 Å². The Labute approximate surface area is 101 Å². The van der Waals surface area contributed by atoms with E-state index in [9.17, 15) is 4.21 Å². The maximum absolute atomic E-state index is 10.8. The predicted molar refractivity (Wildman–Crippen MR) is 64.1 cm³/mol. The van der Waals surface area contributed by atoms with E-state index in [2.05, 4.69) is 15.3 Å². The van der Waals surface area contributed by atoms with Crippen LogP contribution in [0.2, 0.25) is 10.3 Å². The first-order valence-electron chi connectivity index (χ1n) is 4.31. The summed E-state index contributed by atoms with van der Waals surface area (Å²) in [7, 11) is -0.765.